The molecule has 8 heteroatoms. The maximum Gasteiger partial charge on any atom is 0.445 e. The summed E-state index contributed by atoms with van der Waals surface area (Å²) in [4.78, 5) is 11.6. The molecule has 0 saturated heterocycles. The molecule has 0 fully saturated rings. The van der Waals surface area contributed by atoms with E-state index in [1.54, 1.807) is 16.8 Å². The topological polar surface area (TPSA) is 38.3 Å². The first kappa shape index (κ1) is 15.7. The Morgan fingerprint density at radius 2 is 2.09 bits per heavy atom. The molecule has 1 N–H and O–H groups in total. The van der Waals surface area contributed by atoms with Gasteiger partial charge in [0.15, 0.2) is 0 Å². The molecule has 1 amide bonds. The number of hydrogen-bond acceptors (Lipinski definition) is 3. The first-order chi connectivity index (χ1) is 10.8. The van der Waals surface area contributed by atoms with E-state index in [2.05, 4.69) is 21.9 Å². The highest BCUT2D eigenvalue weighted by Gasteiger charge is 2.62. The second kappa shape index (κ2) is 5.48. The molecule has 2 aromatic rings. The van der Waals surface area contributed by atoms with Crippen molar-refractivity contribution in [1.29, 1.82) is 0 Å². The highest BCUT2D eigenvalue weighted by molar-refractivity contribution is 7.08. The van der Waals surface area contributed by atoms with Crippen LogP contribution in [-0.4, -0.2) is 12.3 Å². The molecule has 1 aromatic carbocycles. The number of carbonyl (C=O) groups is 1. The fourth-order valence-electron chi connectivity index (χ4n) is 2.12. The van der Waals surface area contributed by atoms with Gasteiger partial charge in [-0.1, -0.05) is 17.5 Å². The van der Waals surface area contributed by atoms with E-state index in [0.29, 0.717) is 5.56 Å². The van der Waals surface area contributed by atoms with Crippen LogP contribution in [0.1, 0.15) is 11.1 Å². The minimum Gasteiger partial charge on any atom is -0.415 e. The predicted octanol–water partition coefficient (Wildman–Crippen LogP) is 4.77. The van der Waals surface area contributed by atoms with Crippen molar-refractivity contribution in [3.63, 3.8) is 0 Å². The van der Waals surface area contributed by atoms with E-state index in [1.807, 2.05) is 0 Å². The van der Waals surface area contributed by atoms with Gasteiger partial charge in [0.25, 0.3) is 5.60 Å². The summed E-state index contributed by atoms with van der Waals surface area (Å²) in [5, 5.41) is 5.58. The number of ether oxygens (including phenoxy) is 1. The first-order valence-electron chi connectivity index (χ1n) is 6.24. The van der Waals surface area contributed by atoms with Crippen molar-refractivity contribution in [3.8, 4) is 11.8 Å². The summed E-state index contributed by atoms with van der Waals surface area (Å²) in [5.41, 5.74) is -3.06. The average Bonchev–Trinajstić information content (AvgIpc) is 2.97. The smallest absolute Gasteiger partial charge is 0.415 e. The number of carbonyl (C=O) groups excluding carboxylic acids is 1. The number of rotatable bonds is 0. The molecule has 2 heterocycles. The third-order valence-corrected chi connectivity index (χ3v) is 4.07. The third kappa shape index (κ3) is 2.76. The molecule has 3 rings (SSSR count). The number of anilines is 1. The zero-order valence-corrected chi connectivity index (χ0v) is 12.8. The summed E-state index contributed by atoms with van der Waals surface area (Å²) >= 11 is 7.10. The van der Waals surface area contributed by atoms with E-state index in [1.165, 1.54) is 23.5 Å². The first-order valence-corrected chi connectivity index (χ1v) is 7.56. The maximum atomic E-state index is 13.8. The van der Waals surface area contributed by atoms with Crippen molar-refractivity contribution in [2.75, 3.05) is 5.32 Å². The lowest BCUT2D eigenvalue weighted by atomic mass is 9.90. The third-order valence-electron chi connectivity index (χ3n) is 3.15. The van der Waals surface area contributed by atoms with Crippen molar-refractivity contribution >= 4 is 34.7 Å². The average molecular weight is 358 g/mol. The van der Waals surface area contributed by atoms with Crippen LogP contribution in [0.5, 0.6) is 0 Å². The Labute approximate surface area is 138 Å². The van der Waals surface area contributed by atoms with Gasteiger partial charge < -0.3 is 4.74 Å². The molecule has 1 aliphatic rings. The lowest BCUT2D eigenvalue weighted by molar-refractivity contribution is -0.239. The Bertz CT molecular complexity index is 823. The molecule has 0 bridgehead atoms. The second-order valence-electron chi connectivity index (χ2n) is 4.65. The van der Waals surface area contributed by atoms with Crippen LogP contribution in [0.4, 0.5) is 23.7 Å². The van der Waals surface area contributed by atoms with Gasteiger partial charge in [0.2, 0.25) is 0 Å². The SMILES string of the molecule is O=C1Nc2ccc(Cl)cc2C(C#Cc2ccsc2)(C(F)(F)F)O1. The normalized spacial score (nSPS) is 19.9. The van der Waals surface area contributed by atoms with Crippen LogP contribution in [0.25, 0.3) is 0 Å². The molecular weight excluding hydrogens is 351 g/mol. The van der Waals surface area contributed by atoms with E-state index >= 15 is 0 Å². The molecule has 0 saturated carbocycles. The number of cyclic esters (lactones) is 1. The van der Waals surface area contributed by atoms with Crippen molar-refractivity contribution in [2.24, 2.45) is 0 Å². The number of fused-ring (bicyclic) bond motifs is 1. The van der Waals surface area contributed by atoms with Gasteiger partial charge in [-0.3, -0.25) is 5.32 Å². The zero-order valence-electron chi connectivity index (χ0n) is 11.2. The molecule has 0 radical (unpaired) electrons. The molecule has 118 valence electrons. The minimum atomic E-state index is -4.94. The standard InChI is InChI=1S/C15H7ClF3NO2S/c16-10-1-2-12-11(7-10)14(15(17,18)19,22-13(21)20-12)5-3-9-4-6-23-8-9/h1-2,4,6-8H,(H,20,21). The van der Waals surface area contributed by atoms with Crippen LogP contribution in [0.15, 0.2) is 35.0 Å². The number of nitrogens with one attached hydrogen (secondary N) is 1. The second-order valence-corrected chi connectivity index (χ2v) is 5.86. The largest absolute Gasteiger partial charge is 0.445 e. The Morgan fingerprint density at radius 1 is 1.30 bits per heavy atom. The van der Waals surface area contributed by atoms with Crippen LogP contribution in [0, 0.1) is 11.8 Å². The van der Waals surface area contributed by atoms with Crippen LogP contribution >= 0.6 is 22.9 Å². The molecule has 0 aliphatic carbocycles. The fourth-order valence-corrected chi connectivity index (χ4v) is 2.88. The summed E-state index contributed by atoms with van der Waals surface area (Å²) in [5.74, 6) is 4.50. The van der Waals surface area contributed by atoms with Gasteiger partial charge in [0, 0.05) is 21.5 Å². The molecule has 1 unspecified atom stereocenters. The number of thiophene rings is 1. The van der Waals surface area contributed by atoms with Crippen LogP contribution in [-0.2, 0) is 10.3 Å². The van der Waals surface area contributed by atoms with E-state index in [9.17, 15) is 18.0 Å². The number of alkyl halides is 3. The van der Waals surface area contributed by atoms with E-state index < -0.39 is 17.9 Å². The number of hydrogen-bond donors (Lipinski definition) is 1. The summed E-state index contributed by atoms with van der Waals surface area (Å²) in [6.45, 7) is 0. The highest BCUT2D eigenvalue weighted by atomic mass is 35.5. The highest BCUT2D eigenvalue weighted by Crippen LogP contribution is 2.47. The summed E-state index contributed by atoms with van der Waals surface area (Å²) < 4.78 is 45.9. The Balaban J connectivity index is 2.25. The molecule has 23 heavy (non-hydrogen) atoms. The Kier molecular flexibility index (Phi) is 3.74. The van der Waals surface area contributed by atoms with Gasteiger partial charge in [-0.25, -0.2) is 4.79 Å². The van der Waals surface area contributed by atoms with Gasteiger partial charge in [0.1, 0.15) is 0 Å². The zero-order chi connectivity index (χ0) is 16.7. The fraction of sp³-hybridized carbons (Fsp3) is 0.133. The molecule has 1 aliphatic heterocycles. The van der Waals surface area contributed by atoms with Crippen LogP contribution in [0.3, 0.4) is 0 Å². The number of amides is 1. The Morgan fingerprint density at radius 3 is 2.74 bits per heavy atom. The summed E-state index contributed by atoms with van der Waals surface area (Å²) in [6, 6.07) is 5.32. The Hall–Kier alpha value is -2.17. The van der Waals surface area contributed by atoms with Gasteiger partial charge in [-0.2, -0.15) is 24.5 Å². The van der Waals surface area contributed by atoms with Gasteiger partial charge >= 0.3 is 12.3 Å². The molecule has 0 spiro atoms. The van der Waals surface area contributed by atoms with Crippen molar-refractivity contribution in [1.82, 2.24) is 0 Å². The van der Waals surface area contributed by atoms with E-state index in [0.717, 1.165) is 6.07 Å². The molecule has 3 nitrogen and oxygen atoms in total. The number of halogens is 4. The quantitative estimate of drug-likeness (QED) is 0.689. The van der Waals surface area contributed by atoms with Crippen molar-refractivity contribution < 1.29 is 22.7 Å². The van der Waals surface area contributed by atoms with E-state index in [4.69, 9.17) is 11.6 Å². The minimum absolute atomic E-state index is 0.0393. The van der Waals surface area contributed by atoms with Gasteiger partial charge in [0.05, 0.1) is 5.69 Å². The molecule has 1 aromatic heterocycles. The lowest BCUT2D eigenvalue weighted by Crippen LogP contribution is -2.49. The molecular formula is C15H7ClF3NO2S. The predicted molar refractivity (Wildman–Crippen MR) is 80.5 cm³/mol. The monoisotopic (exact) mass is 357 g/mol. The van der Waals surface area contributed by atoms with Crippen molar-refractivity contribution in [2.45, 2.75) is 11.8 Å². The van der Waals surface area contributed by atoms with Gasteiger partial charge in [-0.15, -0.1) is 0 Å². The lowest BCUT2D eigenvalue weighted by Gasteiger charge is -2.35. The van der Waals surface area contributed by atoms with Crippen LogP contribution in [0.2, 0.25) is 5.02 Å². The number of benzene rings is 1. The molecule has 1 atom stereocenters. The van der Waals surface area contributed by atoms with Gasteiger partial charge in [-0.05, 0) is 35.6 Å². The summed E-state index contributed by atoms with van der Waals surface area (Å²) in [6.07, 6.45) is -6.16. The van der Waals surface area contributed by atoms with Crippen LogP contribution < -0.4 is 5.32 Å². The van der Waals surface area contributed by atoms with Crippen molar-refractivity contribution in [3.05, 3.63) is 51.2 Å². The summed E-state index contributed by atoms with van der Waals surface area (Å²) in [7, 11) is 0. The van der Waals surface area contributed by atoms with E-state index in [-0.39, 0.29) is 16.3 Å². The maximum absolute atomic E-state index is 13.8.